The van der Waals surface area contributed by atoms with Crippen LogP contribution in [0.3, 0.4) is 0 Å². The summed E-state index contributed by atoms with van der Waals surface area (Å²) in [6.07, 6.45) is 2.54. The second-order valence-corrected chi connectivity index (χ2v) is 7.97. The third kappa shape index (κ3) is 6.96. The summed E-state index contributed by atoms with van der Waals surface area (Å²) < 4.78 is 0. The lowest BCUT2D eigenvalue weighted by atomic mass is 9.73. The number of carbonyl (C=O) groups excluding carboxylic acids is 5. The number of hydrogen-bond acceptors (Lipinski definition) is 8. The molecule has 12 nitrogen and oxygen atoms in total. The van der Waals surface area contributed by atoms with E-state index in [0.717, 1.165) is 6.08 Å². The average molecular weight is 487 g/mol. The van der Waals surface area contributed by atoms with Crippen LogP contribution in [0.5, 0.6) is 5.75 Å². The van der Waals surface area contributed by atoms with Gasteiger partial charge in [-0.1, -0.05) is 18.2 Å². The number of nitrogens with one attached hydrogen (secondary N) is 2. The summed E-state index contributed by atoms with van der Waals surface area (Å²) in [6.45, 7) is -0.294. The molecule has 188 valence electrons. The Morgan fingerprint density at radius 2 is 1.80 bits per heavy atom. The Balaban J connectivity index is 2.36. The number of ketones is 3. The smallest absolute Gasteiger partial charge is 0.245 e. The van der Waals surface area contributed by atoms with Crippen LogP contribution in [0.4, 0.5) is 0 Å². The van der Waals surface area contributed by atoms with Gasteiger partial charge in [0, 0.05) is 31.0 Å². The minimum atomic E-state index is -2.46. The summed E-state index contributed by atoms with van der Waals surface area (Å²) in [5.41, 5.74) is 13.8. The average Bonchev–Trinajstić information content (AvgIpc) is 2.82. The lowest BCUT2D eigenvalue weighted by Crippen LogP contribution is -2.70. The number of nitrogens with zero attached hydrogens (tertiary/aromatic N) is 1. The van der Waals surface area contributed by atoms with Gasteiger partial charge in [-0.25, -0.2) is 0 Å². The van der Waals surface area contributed by atoms with E-state index in [1.54, 1.807) is 18.2 Å². The van der Waals surface area contributed by atoms with Crippen molar-refractivity contribution in [3.63, 3.8) is 0 Å². The fourth-order valence-electron chi connectivity index (χ4n) is 3.72. The van der Waals surface area contributed by atoms with Crippen molar-refractivity contribution in [3.8, 4) is 5.75 Å². The van der Waals surface area contributed by atoms with Crippen molar-refractivity contribution < 1.29 is 29.1 Å². The topological polar surface area (TPSA) is 220 Å². The molecule has 0 heterocycles. The van der Waals surface area contributed by atoms with Crippen molar-refractivity contribution >= 4 is 41.2 Å². The van der Waals surface area contributed by atoms with Gasteiger partial charge >= 0.3 is 0 Å². The number of aliphatic imine (C=N–C) groups is 1. The van der Waals surface area contributed by atoms with Crippen LogP contribution in [0.1, 0.15) is 37.7 Å². The molecule has 0 saturated heterocycles. The maximum atomic E-state index is 13.6. The van der Waals surface area contributed by atoms with Gasteiger partial charge in [0.15, 0.2) is 23.3 Å². The maximum Gasteiger partial charge on any atom is 0.245 e. The van der Waals surface area contributed by atoms with Gasteiger partial charge < -0.3 is 32.9 Å². The maximum absolute atomic E-state index is 13.6. The van der Waals surface area contributed by atoms with Crippen molar-refractivity contribution in [1.82, 2.24) is 10.6 Å². The van der Waals surface area contributed by atoms with E-state index in [9.17, 15) is 29.1 Å². The highest BCUT2D eigenvalue weighted by atomic mass is 16.3. The van der Waals surface area contributed by atoms with E-state index in [0.29, 0.717) is 5.56 Å². The van der Waals surface area contributed by atoms with Gasteiger partial charge in [0.2, 0.25) is 17.4 Å². The molecule has 1 aromatic carbocycles. The Morgan fingerprint density at radius 3 is 2.40 bits per heavy atom. The molecule has 0 bridgehead atoms. The van der Waals surface area contributed by atoms with Crippen LogP contribution in [-0.2, 0) is 24.0 Å². The predicted molar refractivity (Wildman–Crippen MR) is 128 cm³/mol. The molecule has 12 heteroatoms. The van der Waals surface area contributed by atoms with E-state index in [1.807, 2.05) is 0 Å². The molecule has 0 aromatic heterocycles. The number of aromatic hydroxyl groups is 1. The fourth-order valence-corrected chi connectivity index (χ4v) is 3.72. The zero-order valence-electron chi connectivity index (χ0n) is 19.2. The molecule has 9 N–H and O–H groups in total. The van der Waals surface area contributed by atoms with Crippen LogP contribution < -0.4 is 27.8 Å². The predicted octanol–water partition coefficient (Wildman–Crippen LogP) is -1.35. The Kier molecular flexibility index (Phi) is 9.64. The number of amides is 2. The zero-order valence-corrected chi connectivity index (χ0v) is 19.2. The molecular formula is C23H30N6O6. The number of benzene rings is 1. The molecule has 0 radical (unpaired) electrons. The molecule has 2 amide bonds. The number of nitrogens with two attached hydrogens (primary N) is 3. The third-order valence-corrected chi connectivity index (χ3v) is 5.46. The first-order valence-electron chi connectivity index (χ1n) is 11.1. The fraction of sp³-hybridized carbons (Fsp3) is 0.391. The lowest BCUT2D eigenvalue weighted by molar-refractivity contribution is -0.150. The Morgan fingerprint density at radius 1 is 1.14 bits per heavy atom. The van der Waals surface area contributed by atoms with Gasteiger partial charge in [-0.2, -0.15) is 0 Å². The minimum absolute atomic E-state index is 0.00669. The number of phenols is 1. The van der Waals surface area contributed by atoms with Crippen molar-refractivity contribution in [3.05, 3.63) is 35.9 Å². The minimum Gasteiger partial charge on any atom is -0.507 e. The van der Waals surface area contributed by atoms with E-state index < -0.39 is 47.3 Å². The number of carbonyl (C=O) groups is 5. The van der Waals surface area contributed by atoms with Crippen molar-refractivity contribution in [1.29, 1.82) is 0 Å². The molecule has 0 unspecified atom stereocenters. The van der Waals surface area contributed by atoms with Gasteiger partial charge in [0.1, 0.15) is 5.75 Å². The van der Waals surface area contributed by atoms with Gasteiger partial charge in [0.05, 0.1) is 12.6 Å². The van der Waals surface area contributed by atoms with Crippen LogP contribution in [-0.4, -0.2) is 64.9 Å². The second kappa shape index (κ2) is 12.4. The number of hydrogen-bond donors (Lipinski definition) is 6. The number of phenolic OH excluding ortho intramolecular Hbond substituents is 1. The Hall–Kier alpha value is -4.06. The van der Waals surface area contributed by atoms with Gasteiger partial charge in [-0.15, -0.1) is 0 Å². The first kappa shape index (κ1) is 27.2. The number of guanidine groups is 1. The number of Topliss-reactive ketones (excluding diaryl/α,β-unsaturated/α-hetero) is 3. The number of rotatable bonds is 11. The summed E-state index contributed by atoms with van der Waals surface area (Å²) in [5.74, 6) is -4.30. The molecule has 1 fully saturated rings. The molecule has 1 aromatic rings. The van der Waals surface area contributed by atoms with Crippen LogP contribution in [0, 0.1) is 0 Å². The summed E-state index contributed by atoms with van der Waals surface area (Å²) in [4.78, 5) is 68.2. The summed E-state index contributed by atoms with van der Waals surface area (Å²) >= 11 is 0. The monoisotopic (exact) mass is 486 g/mol. The van der Waals surface area contributed by atoms with Crippen molar-refractivity contribution in [2.45, 2.75) is 43.7 Å². The Labute approximate surface area is 202 Å². The summed E-state index contributed by atoms with van der Waals surface area (Å²) in [5, 5.41) is 14.6. The first-order valence-corrected chi connectivity index (χ1v) is 11.1. The Bertz CT molecular complexity index is 1030. The molecule has 1 aliphatic carbocycles. The molecule has 1 saturated carbocycles. The molecule has 0 spiro atoms. The first-order chi connectivity index (χ1) is 16.6. The quantitative estimate of drug-likeness (QED) is 0.0714. The zero-order chi connectivity index (χ0) is 26.0. The molecule has 1 aliphatic rings. The summed E-state index contributed by atoms with van der Waals surface area (Å²) in [7, 11) is 0. The highest BCUT2D eigenvalue weighted by Crippen LogP contribution is 2.26. The largest absolute Gasteiger partial charge is 0.507 e. The van der Waals surface area contributed by atoms with Crippen LogP contribution in [0.15, 0.2) is 35.3 Å². The van der Waals surface area contributed by atoms with Crippen LogP contribution >= 0.6 is 0 Å². The highest BCUT2D eigenvalue weighted by Gasteiger charge is 2.55. The van der Waals surface area contributed by atoms with Gasteiger partial charge in [0.25, 0.3) is 0 Å². The molecule has 1 atom stereocenters. The molecule has 2 rings (SSSR count). The third-order valence-electron chi connectivity index (χ3n) is 5.46. The summed E-state index contributed by atoms with van der Waals surface area (Å²) in [6, 6.07) is 4.91. The van der Waals surface area contributed by atoms with Crippen LogP contribution in [0.2, 0.25) is 0 Å². The molecular weight excluding hydrogens is 456 g/mol. The van der Waals surface area contributed by atoms with Gasteiger partial charge in [-0.05, 0) is 31.4 Å². The van der Waals surface area contributed by atoms with Crippen molar-refractivity contribution in [2.24, 2.45) is 22.2 Å². The van der Waals surface area contributed by atoms with E-state index in [-0.39, 0.29) is 50.4 Å². The van der Waals surface area contributed by atoms with Gasteiger partial charge in [-0.3, -0.25) is 29.0 Å². The normalized spacial score (nSPS) is 15.9. The highest BCUT2D eigenvalue weighted by molar-refractivity contribution is 6.33. The van der Waals surface area contributed by atoms with E-state index in [2.05, 4.69) is 15.6 Å². The standard InChI is InChI=1S/C23H30N6O6/c24-13-20(34)28-15(6-4-12-27-22(25)26)21(35)23(17(31)8-3-9-18(23)32)29-19(33)11-10-14-5-1-2-7-16(14)30/h1-2,5,7,10-11,15,30H,3-4,6,8-9,12-13,24H2,(H,28,34)(H,29,33)(H4,25,26,27)/t15-/m0/s1. The van der Waals surface area contributed by atoms with E-state index in [1.165, 1.54) is 12.1 Å². The molecule has 0 aliphatic heterocycles. The van der Waals surface area contributed by atoms with E-state index in [4.69, 9.17) is 17.2 Å². The van der Waals surface area contributed by atoms with Crippen LogP contribution in [0.25, 0.3) is 6.08 Å². The molecule has 35 heavy (non-hydrogen) atoms. The van der Waals surface area contributed by atoms with Crippen molar-refractivity contribution in [2.75, 3.05) is 13.1 Å². The SMILES string of the molecule is NCC(=O)N[C@@H](CCCN=C(N)N)C(=O)C1(NC(=O)C=Cc2ccccc2O)C(=O)CCCC1=O. The van der Waals surface area contributed by atoms with E-state index >= 15 is 0 Å². The second-order valence-electron chi connectivity index (χ2n) is 7.97. The number of para-hydroxylation sites is 1. The lowest BCUT2D eigenvalue weighted by Gasteiger charge is -2.36.